The van der Waals surface area contributed by atoms with Gasteiger partial charge in [0.05, 0.1) is 32.0 Å². The third kappa shape index (κ3) is 4.66. The molecular weight excluding hydrogens is 348 g/mol. The number of thiocarbonyl (C=S) groups is 1. The van der Waals surface area contributed by atoms with Crippen molar-refractivity contribution < 1.29 is 14.2 Å². The second-order valence-corrected chi connectivity index (χ2v) is 5.66. The molecule has 7 heteroatoms. The first-order valence-corrected chi connectivity index (χ1v) is 7.95. The van der Waals surface area contributed by atoms with Gasteiger partial charge in [0.15, 0.2) is 5.11 Å². The Morgan fingerprint density at radius 3 is 2.25 bits per heavy atom. The minimum absolute atomic E-state index is 0.463. The number of benzene rings is 2. The average Bonchev–Trinajstić information content (AvgIpc) is 2.60. The van der Waals surface area contributed by atoms with Crippen molar-refractivity contribution in [3.05, 3.63) is 47.0 Å². The summed E-state index contributed by atoms with van der Waals surface area (Å²) in [6.45, 7) is 0.585. The lowest BCUT2D eigenvalue weighted by Crippen LogP contribution is -2.28. The van der Waals surface area contributed by atoms with Crippen molar-refractivity contribution in [1.82, 2.24) is 5.32 Å². The Kier molecular flexibility index (Phi) is 6.52. The second-order valence-electron chi connectivity index (χ2n) is 4.84. The van der Waals surface area contributed by atoms with Crippen LogP contribution >= 0.6 is 23.8 Å². The highest BCUT2D eigenvalue weighted by Gasteiger charge is 2.11. The lowest BCUT2D eigenvalue weighted by Gasteiger charge is -2.15. The number of anilines is 1. The predicted octanol–water partition coefficient (Wildman–Crippen LogP) is 3.85. The second kappa shape index (κ2) is 8.61. The van der Waals surface area contributed by atoms with Crippen molar-refractivity contribution in [2.45, 2.75) is 6.54 Å². The van der Waals surface area contributed by atoms with E-state index in [2.05, 4.69) is 10.6 Å². The van der Waals surface area contributed by atoms with Gasteiger partial charge in [0, 0.05) is 12.6 Å². The number of ether oxygens (including phenoxy) is 3. The van der Waals surface area contributed by atoms with E-state index >= 15 is 0 Å². The Morgan fingerprint density at radius 1 is 1.00 bits per heavy atom. The zero-order chi connectivity index (χ0) is 17.5. The van der Waals surface area contributed by atoms with Crippen molar-refractivity contribution in [3.63, 3.8) is 0 Å². The third-order valence-electron chi connectivity index (χ3n) is 3.33. The summed E-state index contributed by atoms with van der Waals surface area (Å²) in [5.74, 6) is 1.94. The molecule has 5 nitrogen and oxygen atoms in total. The molecule has 2 rings (SSSR count). The molecule has 0 aliphatic heterocycles. The Morgan fingerprint density at radius 2 is 1.67 bits per heavy atom. The van der Waals surface area contributed by atoms with Crippen LogP contribution in [0.1, 0.15) is 5.56 Å². The molecule has 0 bridgehead atoms. The van der Waals surface area contributed by atoms with E-state index in [4.69, 9.17) is 38.0 Å². The highest BCUT2D eigenvalue weighted by Crippen LogP contribution is 2.35. The number of halogens is 1. The minimum atomic E-state index is 0.463. The van der Waals surface area contributed by atoms with Crippen LogP contribution in [0.3, 0.4) is 0 Å². The SMILES string of the molecule is COc1ccc(CNC(=S)Nc2cc(Cl)c(OC)cc2OC)cc1. The number of methoxy groups -OCH3 is 3. The first-order chi connectivity index (χ1) is 11.6. The zero-order valence-corrected chi connectivity index (χ0v) is 15.3. The summed E-state index contributed by atoms with van der Waals surface area (Å²) in [5, 5.41) is 7.15. The first-order valence-electron chi connectivity index (χ1n) is 7.16. The van der Waals surface area contributed by atoms with E-state index in [1.54, 1.807) is 33.5 Å². The van der Waals surface area contributed by atoms with Gasteiger partial charge in [-0.2, -0.15) is 0 Å². The molecule has 0 radical (unpaired) electrons. The molecule has 2 aromatic rings. The van der Waals surface area contributed by atoms with Crippen molar-refractivity contribution in [2.24, 2.45) is 0 Å². The smallest absolute Gasteiger partial charge is 0.171 e. The Balaban J connectivity index is 2.00. The molecule has 0 saturated heterocycles. The van der Waals surface area contributed by atoms with Gasteiger partial charge < -0.3 is 24.8 Å². The molecule has 0 spiro atoms. The number of hydrogen-bond acceptors (Lipinski definition) is 4. The topological polar surface area (TPSA) is 51.8 Å². The van der Waals surface area contributed by atoms with Gasteiger partial charge in [-0.1, -0.05) is 23.7 Å². The molecule has 0 unspecified atom stereocenters. The monoisotopic (exact) mass is 366 g/mol. The van der Waals surface area contributed by atoms with Crippen LogP contribution in [0.4, 0.5) is 5.69 Å². The van der Waals surface area contributed by atoms with Gasteiger partial charge in [0.25, 0.3) is 0 Å². The Hall–Kier alpha value is -2.18. The molecule has 0 aliphatic rings. The molecule has 2 N–H and O–H groups in total. The lowest BCUT2D eigenvalue weighted by molar-refractivity contribution is 0.396. The lowest BCUT2D eigenvalue weighted by atomic mass is 10.2. The molecule has 24 heavy (non-hydrogen) atoms. The number of hydrogen-bond donors (Lipinski definition) is 2. The van der Waals surface area contributed by atoms with E-state index in [1.165, 1.54) is 0 Å². The van der Waals surface area contributed by atoms with Gasteiger partial charge in [-0.25, -0.2) is 0 Å². The maximum Gasteiger partial charge on any atom is 0.171 e. The van der Waals surface area contributed by atoms with E-state index in [1.807, 2.05) is 24.3 Å². The zero-order valence-electron chi connectivity index (χ0n) is 13.7. The minimum Gasteiger partial charge on any atom is -0.497 e. The summed E-state index contributed by atoms with van der Waals surface area (Å²) in [7, 11) is 4.76. The van der Waals surface area contributed by atoms with Crippen LogP contribution < -0.4 is 24.8 Å². The molecule has 0 heterocycles. The van der Waals surface area contributed by atoms with E-state index in [9.17, 15) is 0 Å². The standard InChI is InChI=1S/C17H19ClN2O3S/c1-21-12-6-4-11(5-7-12)10-19-17(24)20-14-8-13(18)15(22-2)9-16(14)23-3/h4-9H,10H2,1-3H3,(H2,19,20,24). The number of nitrogens with one attached hydrogen (secondary N) is 2. The van der Waals surface area contributed by atoms with Gasteiger partial charge in [-0.05, 0) is 36.0 Å². The van der Waals surface area contributed by atoms with Gasteiger partial charge in [-0.3, -0.25) is 0 Å². The fraction of sp³-hybridized carbons (Fsp3) is 0.235. The third-order valence-corrected chi connectivity index (χ3v) is 3.88. The van der Waals surface area contributed by atoms with E-state index in [0.29, 0.717) is 33.9 Å². The summed E-state index contributed by atoms with van der Waals surface area (Å²) in [6, 6.07) is 11.2. The van der Waals surface area contributed by atoms with Crippen LogP contribution in [0, 0.1) is 0 Å². The van der Waals surface area contributed by atoms with Crippen molar-refractivity contribution >= 4 is 34.6 Å². The van der Waals surface area contributed by atoms with Gasteiger partial charge in [-0.15, -0.1) is 0 Å². The van der Waals surface area contributed by atoms with E-state index in [-0.39, 0.29) is 0 Å². The molecule has 0 fully saturated rings. The Labute approximate surface area is 151 Å². The fourth-order valence-corrected chi connectivity index (χ4v) is 2.47. The Bertz CT molecular complexity index is 708. The molecule has 0 atom stereocenters. The van der Waals surface area contributed by atoms with Gasteiger partial charge >= 0.3 is 0 Å². The van der Waals surface area contributed by atoms with E-state index < -0.39 is 0 Å². The van der Waals surface area contributed by atoms with Crippen LogP contribution in [0.2, 0.25) is 5.02 Å². The first kappa shape index (κ1) is 18.2. The van der Waals surface area contributed by atoms with E-state index in [0.717, 1.165) is 11.3 Å². The fourth-order valence-electron chi connectivity index (χ4n) is 2.05. The summed E-state index contributed by atoms with van der Waals surface area (Å²) in [6.07, 6.45) is 0. The van der Waals surface area contributed by atoms with Crippen molar-refractivity contribution in [2.75, 3.05) is 26.6 Å². The quantitative estimate of drug-likeness (QED) is 0.757. The van der Waals surface area contributed by atoms with Gasteiger partial charge in [0.2, 0.25) is 0 Å². The molecule has 0 aliphatic carbocycles. The molecule has 128 valence electrons. The summed E-state index contributed by atoms with van der Waals surface area (Å²) in [4.78, 5) is 0. The van der Waals surface area contributed by atoms with Crippen LogP contribution in [0.25, 0.3) is 0 Å². The maximum absolute atomic E-state index is 6.15. The van der Waals surface area contributed by atoms with Crippen molar-refractivity contribution in [1.29, 1.82) is 0 Å². The van der Waals surface area contributed by atoms with Gasteiger partial charge in [0.1, 0.15) is 17.2 Å². The summed E-state index contributed by atoms with van der Waals surface area (Å²) >= 11 is 11.5. The molecule has 0 aromatic heterocycles. The summed E-state index contributed by atoms with van der Waals surface area (Å²) in [5.41, 5.74) is 1.75. The molecular formula is C17H19ClN2O3S. The maximum atomic E-state index is 6.15. The number of rotatable bonds is 6. The highest BCUT2D eigenvalue weighted by molar-refractivity contribution is 7.80. The molecule has 0 saturated carbocycles. The van der Waals surface area contributed by atoms with Crippen LogP contribution in [-0.2, 0) is 6.54 Å². The highest BCUT2D eigenvalue weighted by atomic mass is 35.5. The average molecular weight is 367 g/mol. The largest absolute Gasteiger partial charge is 0.497 e. The van der Waals surface area contributed by atoms with Crippen molar-refractivity contribution in [3.8, 4) is 17.2 Å². The van der Waals surface area contributed by atoms with Crippen LogP contribution in [-0.4, -0.2) is 26.4 Å². The predicted molar refractivity (Wildman–Crippen MR) is 101 cm³/mol. The molecule has 2 aromatic carbocycles. The normalized spacial score (nSPS) is 10.0. The summed E-state index contributed by atoms with van der Waals surface area (Å²) < 4.78 is 15.6. The molecule has 0 amide bonds. The van der Waals surface area contributed by atoms with Crippen LogP contribution in [0.5, 0.6) is 17.2 Å². The van der Waals surface area contributed by atoms with Crippen LogP contribution in [0.15, 0.2) is 36.4 Å².